The van der Waals surface area contributed by atoms with Gasteiger partial charge in [0.1, 0.15) is 0 Å². The number of benzene rings is 2. The lowest BCUT2D eigenvalue weighted by atomic mass is 10.0. The van der Waals surface area contributed by atoms with Gasteiger partial charge < -0.3 is 15.1 Å². The quantitative estimate of drug-likeness (QED) is 0.610. The first kappa shape index (κ1) is 22.3. The Morgan fingerprint density at radius 2 is 1.62 bits per heavy atom. The van der Waals surface area contributed by atoms with Gasteiger partial charge in [-0.15, -0.1) is 0 Å². The van der Waals surface area contributed by atoms with Gasteiger partial charge in [0, 0.05) is 42.5 Å². The number of anilines is 1. The second-order valence-electron chi connectivity index (χ2n) is 8.83. The summed E-state index contributed by atoms with van der Waals surface area (Å²) in [6.07, 6.45) is 8.83. The molecule has 168 valence electrons. The van der Waals surface area contributed by atoms with E-state index in [1.165, 1.54) is 12.5 Å². The Hall–Kier alpha value is -2.92. The Labute approximate surface area is 191 Å². The highest BCUT2D eigenvalue weighted by Gasteiger charge is 2.38. The van der Waals surface area contributed by atoms with E-state index in [9.17, 15) is 9.59 Å². The maximum atomic E-state index is 13.3. The third-order valence-corrected chi connectivity index (χ3v) is 6.29. The third kappa shape index (κ3) is 5.86. The predicted octanol–water partition coefficient (Wildman–Crippen LogP) is 4.82. The molecule has 2 aromatic carbocycles. The van der Waals surface area contributed by atoms with Crippen LogP contribution in [-0.4, -0.2) is 53.3 Å². The summed E-state index contributed by atoms with van der Waals surface area (Å²) in [6.45, 7) is 5.53. The fourth-order valence-electron chi connectivity index (χ4n) is 4.49. The molecule has 1 saturated carbocycles. The van der Waals surface area contributed by atoms with Gasteiger partial charge in [0.25, 0.3) is 5.91 Å². The zero-order valence-corrected chi connectivity index (χ0v) is 18.9. The standard InChI is InChI=1S/C27H33N3O2/c1-2-18-29-19-16-25(17-20-29)30(24-13-14-24)27(32)22-9-11-23(12-10-22)28-26(31)15-8-21-6-4-3-5-7-21/h3-12,15,24-25H,2,13-14,16-20H2,1H3,(H,28,31). The number of hydrogen-bond donors (Lipinski definition) is 1. The van der Waals surface area contributed by atoms with Crippen molar-refractivity contribution < 1.29 is 9.59 Å². The van der Waals surface area contributed by atoms with E-state index in [1.54, 1.807) is 6.08 Å². The second-order valence-corrected chi connectivity index (χ2v) is 8.83. The lowest BCUT2D eigenvalue weighted by Gasteiger charge is -2.39. The van der Waals surface area contributed by atoms with Crippen molar-refractivity contribution in [3.8, 4) is 0 Å². The van der Waals surface area contributed by atoms with Gasteiger partial charge in [-0.3, -0.25) is 9.59 Å². The lowest BCUT2D eigenvalue weighted by molar-refractivity contribution is -0.111. The first-order chi connectivity index (χ1) is 15.6. The van der Waals surface area contributed by atoms with Gasteiger partial charge in [-0.1, -0.05) is 37.3 Å². The van der Waals surface area contributed by atoms with Crippen molar-refractivity contribution >= 4 is 23.6 Å². The molecule has 2 fully saturated rings. The molecule has 1 heterocycles. The van der Waals surface area contributed by atoms with E-state index in [1.807, 2.05) is 54.6 Å². The van der Waals surface area contributed by atoms with Crippen molar-refractivity contribution in [1.82, 2.24) is 9.80 Å². The van der Waals surface area contributed by atoms with Crippen molar-refractivity contribution in [2.24, 2.45) is 0 Å². The van der Waals surface area contributed by atoms with Crippen LogP contribution < -0.4 is 5.32 Å². The summed E-state index contributed by atoms with van der Waals surface area (Å²) in [4.78, 5) is 30.2. The zero-order valence-electron chi connectivity index (χ0n) is 18.9. The fraction of sp³-hybridized carbons (Fsp3) is 0.407. The molecule has 0 radical (unpaired) electrons. The summed E-state index contributed by atoms with van der Waals surface area (Å²) in [7, 11) is 0. The summed E-state index contributed by atoms with van der Waals surface area (Å²) in [5.74, 6) is -0.0605. The number of hydrogen-bond acceptors (Lipinski definition) is 3. The van der Waals surface area contributed by atoms with Crippen LogP contribution in [0.1, 0.15) is 54.9 Å². The fourth-order valence-corrected chi connectivity index (χ4v) is 4.49. The number of amides is 2. The molecular formula is C27H33N3O2. The normalized spacial score (nSPS) is 17.4. The molecule has 1 N–H and O–H groups in total. The average Bonchev–Trinajstić information content (AvgIpc) is 3.65. The number of nitrogens with zero attached hydrogens (tertiary/aromatic N) is 2. The molecule has 0 atom stereocenters. The minimum Gasteiger partial charge on any atom is -0.333 e. The Kier molecular flexibility index (Phi) is 7.38. The first-order valence-corrected chi connectivity index (χ1v) is 11.8. The van der Waals surface area contributed by atoms with Crippen LogP contribution in [0.3, 0.4) is 0 Å². The Bertz CT molecular complexity index is 927. The highest BCUT2D eigenvalue weighted by atomic mass is 16.2. The molecule has 2 amide bonds. The molecule has 0 bridgehead atoms. The molecule has 32 heavy (non-hydrogen) atoms. The van der Waals surface area contributed by atoms with Crippen LogP contribution in [0.15, 0.2) is 60.7 Å². The van der Waals surface area contributed by atoms with E-state index in [0.29, 0.717) is 23.3 Å². The summed E-state index contributed by atoms with van der Waals surface area (Å²) in [6, 6.07) is 17.7. The summed E-state index contributed by atoms with van der Waals surface area (Å²) in [5, 5.41) is 2.87. The van der Waals surface area contributed by atoms with Crippen LogP contribution in [0.25, 0.3) is 6.08 Å². The Morgan fingerprint density at radius 3 is 2.25 bits per heavy atom. The molecule has 2 aliphatic rings. The van der Waals surface area contributed by atoms with E-state index in [0.717, 1.165) is 50.9 Å². The van der Waals surface area contributed by atoms with Crippen molar-refractivity contribution in [2.75, 3.05) is 25.0 Å². The smallest absolute Gasteiger partial charge is 0.254 e. The van der Waals surface area contributed by atoms with E-state index in [4.69, 9.17) is 0 Å². The minimum atomic E-state index is -0.189. The monoisotopic (exact) mass is 431 g/mol. The van der Waals surface area contributed by atoms with Crippen molar-refractivity contribution in [1.29, 1.82) is 0 Å². The van der Waals surface area contributed by atoms with Crippen LogP contribution in [0, 0.1) is 0 Å². The lowest BCUT2D eigenvalue weighted by Crippen LogP contribution is -2.48. The van der Waals surface area contributed by atoms with E-state index in [2.05, 4.69) is 22.0 Å². The molecule has 1 aliphatic carbocycles. The molecule has 2 aromatic rings. The Morgan fingerprint density at radius 1 is 0.969 bits per heavy atom. The van der Waals surface area contributed by atoms with Gasteiger partial charge >= 0.3 is 0 Å². The molecule has 0 unspecified atom stereocenters. The molecule has 5 heteroatoms. The summed E-state index contributed by atoms with van der Waals surface area (Å²) >= 11 is 0. The molecule has 1 saturated heterocycles. The van der Waals surface area contributed by atoms with Crippen LogP contribution in [0.2, 0.25) is 0 Å². The number of likely N-dealkylation sites (tertiary alicyclic amines) is 1. The van der Waals surface area contributed by atoms with Gasteiger partial charge in [-0.05, 0) is 74.6 Å². The number of nitrogens with one attached hydrogen (secondary N) is 1. The number of carbonyl (C=O) groups excluding carboxylic acids is 2. The molecule has 0 aromatic heterocycles. The first-order valence-electron chi connectivity index (χ1n) is 11.8. The number of carbonyl (C=O) groups is 2. The summed E-state index contributed by atoms with van der Waals surface area (Å²) in [5.41, 5.74) is 2.37. The maximum Gasteiger partial charge on any atom is 0.254 e. The molecule has 4 rings (SSSR count). The van der Waals surface area contributed by atoms with Gasteiger partial charge in [-0.25, -0.2) is 0 Å². The molecule has 0 spiro atoms. The van der Waals surface area contributed by atoms with Crippen molar-refractivity contribution in [2.45, 2.75) is 51.1 Å². The maximum absolute atomic E-state index is 13.3. The SMILES string of the molecule is CCCN1CCC(N(C(=O)c2ccc(NC(=O)C=Cc3ccccc3)cc2)C2CC2)CC1. The van der Waals surface area contributed by atoms with Gasteiger partial charge in [0.05, 0.1) is 0 Å². The van der Waals surface area contributed by atoms with Gasteiger partial charge in [0.2, 0.25) is 5.91 Å². The average molecular weight is 432 g/mol. The zero-order chi connectivity index (χ0) is 22.3. The second kappa shape index (κ2) is 10.6. The van der Waals surface area contributed by atoms with Crippen LogP contribution >= 0.6 is 0 Å². The van der Waals surface area contributed by atoms with Crippen molar-refractivity contribution in [3.63, 3.8) is 0 Å². The van der Waals surface area contributed by atoms with E-state index in [-0.39, 0.29) is 11.8 Å². The highest BCUT2D eigenvalue weighted by molar-refractivity contribution is 6.02. The number of rotatable bonds is 8. The topological polar surface area (TPSA) is 52.6 Å². The molecule has 5 nitrogen and oxygen atoms in total. The third-order valence-electron chi connectivity index (χ3n) is 6.29. The van der Waals surface area contributed by atoms with E-state index < -0.39 is 0 Å². The minimum absolute atomic E-state index is 0.128. The van der Waals surface area contributed by atoms with Gasteiger partial charge in [-0.2, -0.15) is 0 Å². The summed E-state index contributed by atoms with van der Waals surface area (Å²) < 4.78 is 0. The highest BCUT2D eigenvalue weighted by Crippen LogP contribution is 2.33. The van der Waals surface area contributed by atoms with Crippen LogP contribution in [-0.2, 0) is 4.79 Å². The van der Waals surface area contributed by atoms with Crippen molar-refractivity contribution in [3.05, 3.63) is 71.8 Å². The van der Waals surface area contributed by atoms with Crippen LogP contribution in [0.4, 0.5) is 5.69 Å². The number of piperidine rings is 1. The van der Waals surface area contributed by atoms with E-state index >= 15 is 0 Å². The largest absolute Gasteiger partial charge is 0.333 e. The molecular weight excluding hydrogens is 398 g/mol. The van der Waals surface area contributed by atoms with Crippen LogP contribution in [0.5, 0.6) is 0 Å². The van der Waals surface area contributed by atoms with Gasteiger partial charge in [0.15, 0.2) is 0 Å². The predicted molar refractivity (Wildman–Crippen MR) is 129 cm³/mol. The molecule has 1 aliphatic heterocycles. The Balaban J connectivity index is 1.35.